The number of carbonyl (C=O) groups excluding carboxylic acids is 1. The second-order valence-corrected chi connectivity index (χ2v) is 6.13. The zero-order valence-electron chi connectivity index (χ0n) is 13.1. The number of allylic oxidation sites excluding steroid dienone is 1. The molecule has 5 nitrogen and oxygen atoms in total. The van der Waals surface area contributed by atoms with Crippen LogP contribution in [0.25, 0.3) is 0 Å². The molecule has 122 valence electrons. The predicted octanol–water partition coefficient (Wildman–Crippen LogP) is 2.59. The van der Waals surface area contributed by atoms with E-state index in [1.54, 1.807) is 7.11 Å². The molecule has 0 aliphatic carbocycles. The summed E-state index contributed by atoms with van der Waals surface area (Å²) in [6.07, 6.45) is 4.80. The van der Waals surface area contributed by atoms with Gasteiger partial charge in [-0.05, 0) is 30.4 Å². The quantitative estimate of drug-likeness (QED) is 0.352. The minimum atomic E-state index is -0.216. The molecule has 3 atom stereocenters. The van der Waals surface area contributed by atoms with Crippen LogP contribution in [-0.2, 0) is 19.0 Å². The van der Waals surface area contributed by atoms with Gasteiger partial charge in [0.25, 0.3) is 0 Å². The molecule has 0 N–H and O–H groups in total. The Hall–Kier alpha value is -0.180. The van der Waals surface area contributed by atoms with Crippen molar-refractivity contribution in [3.63, 3.8) is 0 Å². The van der Waals surface area contributed by atoms with Gasteiger partial charge >= 0.3 is 5.97 Å². The summed E-state index contributed by atoms with van der Waals surface area (Å²) in [5, 5.41) is 0. The molecule has 1 aliphatic heterocycles. The van der Waals surface area contributed by atoms with Crippen molar-refractivity contribution in [3.05, 3.63) is 10.2 Å². The number of ether oxygens (including phenoxy) is 3. The third kappa shape index (κ3) is 7.08. The Morgan fingerprint density at radius 1 is 1.52 bits per heavy atom. The van der Waals surface area contributed by atoms with Gasteiger partial charge in [-0.15, -0.1) is 0 Å². The maximum atomic E-state index is 11.3. The lowest BCUT2D eigenvalue weighted by Crippen LogP contribution is -2.49. The van der Waals surface area contributed by atoms with E-state index in [1.807, 2.05) is 4.08 Å². The van der Waals surface area contributed by atoms with Crippen LogP contribution in [0.5, 0.6) is 0 Å². The number of halogens is 1. The van der Waals surface area contributed by atoms with Crippen LogP contribution in [0.4, 0.5) is 0 Å². The summed E-state index contributed by atoms with van der Waals surface area (Å²) in [6.45, 7) is 3.56. The molecule has 0 bridgehead atoms. The van der Waals surface area contributed by atoms with E-state index in [2.05, 4.69) is 40.6 Å². The Morgan fingerprint density at radius 2 is 2.29 bits per heavy atom. The fourth-order valence-corrected chi connectivity index (χ4v) is 3.11. The molecule has 21 heavy (non-hydrogen) atoms. The lowest BCUT2D eigenvalue weighted by atomic mass is 9.87. The summed E-state index contributed by atoms with van der Waals surface area (Å²) in [5.74, 6) is -0.0300. The van der Waals surface area contributed by atoms with Crippen molar-refractivity contribution >= 4 is 28.6 Å². The summed E-state index contributed by atoms with van der Waals surface area (Å²) < 4.78 is 18.4. The smallest absolute Gasteiger partial charge is 0.302 e. The van der Waals surface area contributed by atoms with E-state index >= 15 is 0 Å². The number of hydrogen-bond donors (Lipinski definition) is 0. The summed E-state index contributed by atoms with van der Waals surface area (Å²) in [7, 11) is 3.72. The summed E-state index contributed by atoms with van der Waals surface area (Å²) in [6, 6.07) is 0. The topological polar surface area (TPSA) is 48.0 Å². The highest BCUT2D eigenvalue weighted by molar-refractivity contribution is 14.1. The van der Waals surface area contributed by atoms with Gasteiger partial charge in [-0.3, -0.25) is 4.79 Å². The molecule has 0 spiro atoms. The molecule has 0 aromatic rings. The highest BCUT2D eigenvalue weighted by atomic mass is 123. The first-order valence-electron chi connectivity index (χ1n) is 7.30. The van der Waals surface area contributed by atoms with Crippen LogP contribution >= 0.6 is 22.6 Å². The normalized spacial score (nSPS) is 25.1. The molecule has 0 amide bonds. The van der Waals surface area contributed by atoms with E-state index in [9.17, 15) is 4.79 Å². The van der Waals surface area contributed by atoms with Crippen molar-refractivity contribution in [3.8, 4) is 0 Å². The third-order valence-electron chi connectivity index (χ3n) is 3.70. The Bertz CT molecular complexity index is 338. The van der Waals surface area contributed by atoms with Gasteiger partial charge < -0.3 is 19.1 Å². The first-order valence-corrected chi connectivity index (χ1v) is 8.54. The Balaban J connectivity index is 2.73. The van der Waals surface area contributed by atoms with Crippen molar-refractivity contribution < 1.29 is 19.0 Å². The van der Waals surface area contributed by atoms with Crippen molar-refractivity contribution in [1.29, 1.82) is 0 Å². The van der Waals surface area contributed by atoms with E-state index in [4.69, 9.17) is 14.2 Å². The van der Waals surface area contributed by atoms with E-state index < -0.39 is 0 Å². The number of likely N-dealkylation sites (tertiary alicyclic amines) is 1. The molecular weight excluding hydrogens is 381 g/mol. The van der Waals surface area contributed by atoms with Crippen LogP contribution in [0.3, 0.4) is 0 Å². The molecule has 0 radical (unpaired) electrons. The number of esters is 1. The molecule has 1 saturated heterocycles. The Morgan fingerprint density at radius 3 is 2.90 bits per heavy atom. The molecule has 1 rings (SSSR count). The summed E-state index contributed by atoms with van der Waals surface area (Å²) in [4.78, 5) is 13.6. The summed E-state index contributed by atoms with van der Waals surface area (Å²) in [5.41, 5.74) is 0. The maximum Gasteiger partial charge on any atom is 0.302 e. The van der Waals surface area contributed by atoms with Gasteiger partial charge in [0.15, 0.2) is 0 Å². The third-order valence-corrected chi connectivity index (χ3v) is 4.21. The molecule has 3 unspecified atom stereocenters. The van der Waals surface area contributed by atoms with Gasteiger partial charge in [0, 0.05) is 33.0 Å². The number of hydrogen-bond acceptors (Lipinski definition) is 5. The number of carbonyl (C=O) groups is 1. The number of methoxy groups -OCH3 is 1. The van der Waals surface area contributed by atoms with Crippen molar-refractivity contribution in [1.82, 2.24) is 4.90 Å². The van der Waals surface area contributed by atoms with E-state index in [0.717, 1.165) is 32.4 Å². The van der Waals surface area contributed by atoms with Crippen LogP contribution in [0, 0.1) is 5.92 Å². The highest BCUT2D eigenvalue weighted by Crippen LogP contribution is 2.27. The van der Waals surface area contributed by atoms with Crippen LogP contribution in [0.15, 0.2) is 10.2 Å². The number of piperidine rings is 1. The standard InChI is InChI=1S/C15H26INO4/c1-12(18)21-15-7-9-17(2)10-13(15)14(20-11-19-3)6-4-5-8-16/h5,8,13-15H,4,6-7,9-11H2,1-3H3/b8-5+/i16-4. The van der Waals surface area contributed by atoms with Gasteiger partial charge in [0.1, 0.15) is 12.9 Å². The molecule has 6 heteroatoms. The largest absolute Gasteiger partial charge is 0.462 e. The van der Waals surface area contributed by atoms with E-state index in [-0.39, 0.29) is 30.9 Å². The van der Waals surface area contributed by atoms with Gasteiger partial charge in [0.05, 0.1) is 6.10 Å². The number of nitrogens with zero attached hydrogens (tertiary/aromatic N) is 1. The molecule has 1 fully saturated rings. The molecule has 0 aromatic heterocycles. The minimum absolute atomic E-state index is 0.0321. The molecular formula is C15H26INO4. The zero-order chi connectivity index (χ0) is 15.7. The van der Waals surface area contributed by atoms with Crippen LogP contribution in [0.2, 0.25) is 0 Å². The fraction of sp³-hybridized carbons (Fsp3) is 0.800. The van der Waals surface area contributed by atoms with Crippen LogP contribution < -0.4 is 0 Å². The van der Waals surface area contributed by atoms with Gasteiger partial charge in [0.2, 0.25) is 0 Å². The van der Waals surface area contributed by atoms with Crippen molar-refractivity contribution in [2.45, 2.75) is 38.4 Å². The molecule has 0 saturated carbocycles. The molecule has 1 aliphatic rings. The Labute approximate surface area is 141 Å². The summed E-state index contributed by atoms with van der Waals surface area (Å²) >= 11 is 2.22. The van der Waals surface area contributed by atoms with Gasteiger partial charge in [-0.25, -0.2) is 0 Å². The van der Waals surface area contributed by atoms with Gasteiger partial charge in [-0.1, -0.05) is 28.7 Å². The first kappa shape index (κ1) is 18.9. The maximum absolute atomic E-state index is 11.3. The number of rotatable bonds is 8. The van der Waals surface area contributed by atoms with Crippen LogP contribution in [-0.4, -0.2) is 57.1 Å². The lowest BCUT2D eigenvalue weighted by molar-refractivity contribution is -0.163. The Kier molecular flexibility index (Phi) is 9.46. The van der Waals surface area contributed by atoms with Gasteiger partial charge in [-0.2, -0.15) is 0 Å². The van der Waals surface area contributed by atoms with Crippen LogP contribution in [0.1, 0.15) is 26.2 Å². The molecule has 1 heterocycles. The second-order valence-electron chi connectivity index (χ2n) is 5.41. The monoisotopic (exact) mass is 407 g/mol. The highest BCUT2D eigenvalue weighted by Gasteiger charge is 2.36. The molecule has 0 aromatic carbocycles. The predicted molar refractivity (Wildman–Crippen MR) is 90.3 cm³/mol. The first-order chi connectivity index (χ1) is 10.1. The fourth-order valence-electron chi connectivity index (χ4n) is 2.75. The lowest BCUT2D eigenvalue weighted by Gasteiger charge is -2.40. The van der Waals surface area contributed by atoms with E-state index in [0.29, 0.717) is 0 Å². The minimum Gasteiger partial charge on any atom is -0.462 e. The second kappa shape index (κ2) is 10.5. The van der Waals surface area contributed by atoms with E-state index in [1.165, 1.54) is 6.92 Å². The average molecular weight is 407 g/mol. The van der Waals surface area contributed by atoms with Crippen molar-refractivity contribution in [2.24, 2.45) is 5.92 Å². The average Bonchev–Trinajstić information content (AvgIpc) is 2.44. The SMILES string of the molecule is COCOC(CC/C=C/[123I])C1CN(C)CCC1OC(C)=O. The zero-order valence-corrected chi connectivity index (χ0v) is 15.2. The van der Waals surface area contributed by atoms with Crippen molar-refractivity contribution in [2.75, 3.05) is 34.0 Å².